The molecule has 0 radical (unpaired) electrons. The number of piperazine rings is 1. The van der Waals surface area contributed by atoms with Crippen molar-refractivity contribution in [3.8, 4) is 6.01 Å². The van der Waals surface area contributed by atoms with Gasteiger partial charge in [-0.25, -0.2) is 13.2 Å². The van der Waals surface area contributed by atoms with E-state index >= 15 is 0 Å². The van der Waals surface area contributed by atoms with Gasteiger partial charge in [-0.15, -0.1) is 0 Å². The molecule has 5 heterocycles. The number of likely N-dealkylation sites (tertiary alicyclic amines) is 1. The maximum atomic E-state index is 14.0. The van der Waals surface area contributed by atoms with Crippen molar-refractivity contribution < 1.29 is 22.7 Å². The van der Waals surface area contributed by atoms with Gasteiger partial charge < -0.3 is 19.4 Å². The first kappa shape index (κ1) is 33.4. The minimum absolute atomic E-state index is 0. The summed E-state index contributed by atoms with van der Waals surface area (Å²) in [4.78, 5) is 29.1. The number of ether oxygens (including phenoxy) is 1. The molecule has 1 aromatic carbocycles. The molecule has 0 spiro atoms. The van der Waals surface area contributed by atoms with Crippen LogP contribution in [0.5, 0.6) is 6.01 Å². The summed E-state index contributed by atoms with van der Waals surface area (Å²) in [7, 11) is 1.67. The Morgan fingerprint density at radius 1 is 1.16 bits per heavy atom. The van der Waals surface area contributed by atoms with E-state index in [4.69, 9.17) is 14.7 Å². The zero-order chi connectivity index (χ0) is 29.8. The van der Waals surface area contributed by atoms with Gasteiger partial charge in [-0.05, 0) is 44.5 Å². The molecule has 0 saturated carbocycles. The first-order chi connectivity index (χ1) is 20.0. The van der Waals surface area contributed by atoms with E-state index in [1.807, 2.05) is 6.20 Å². The highest BCUT2D eigenvalue weighted by Crippen LogP contribution is 2.37. The second-order valence-electron chi connectivity index (χ2n) is 11.5. The lowest BCUT2D eigenvalue weighted by atomic mass is 9.99. The standard InChI is InChI=1S/C29H35F3N8O2.CH4.H2S/c1-17-11-23-22(13-33-36-23)25(18(17)2)40-6-5-21-24(14-40)34-28(42-15-20-12-29(31,32)16-37(20)4)35-26(21)38-7-9-39(10-8-38)27(41)19(3)30;;/h11,13,20H,3,5-10,12,14-16H2,1-2,4H3,(H,33,36);1H4;1H2/t20-;;/m0../s1. The number of aryl methyl sites for hydroxylation is 1. The number of alkyl halides is 2. The molecule has 2 saturated heterocycles. The topological polar surface area (TPSA) is 93.7 Å². The summed E-state index contributed by atoms with van der Waals surface area (Å²) in [5.74, 6) is -3.72. The Kier molecular flexibility index (Phi) is 9.74. The van der Waals surface area contributed by atoms with Gasteiger partial charge >= 0.3 is 6.01 Å². The van der Waals surface area contributed by atoms with Gasteiger partial charge in [0.1, 0.15) is 12.4 Å². The Hall–Kier alpha value is -3.52. The van der Waals surface area contributed by atoms with Crippen molar-refractivity contribution in [1.29, 1.82) is 0 Å². The number of benzene rings is 1. The van der Waals surface area contributed by atoms with Crippen LogP contribution in [0.1, 0.15) is 36.2 Å². The summed E-state index contributed by atoms with van der Waals surface area (Å²) in [5, 5.41) is 8.37. The molecule has 6 rings (SSSR count). The van der Waals surface area contributed by atoms with Crippen LogP contribution in [0.4, 0.5) is 24.7 Å². The van der Waals surface area contributed by atoms with Crippen molar-refractivity contribution in [2.45, 2.75) is 52.6 Å². The van der Waals surface area contributed by atoms with Crippen molar-refractivity contribution >= 4 is 41.8 Å². The predicted octanol–water partition coefficient (Wildman–Crippen LogP) is 4.13. The molecule has 1 N–H and O–H groups in total. The number of carbonyl (C=O) groups is 1. The summed E-state index contributed by atoms with van der Waals surface area (Å²) in [6, 6.07) is 1.78. The lowest BCUT2D eigenvalue weighted by molar-refractivity contribution is -0.128. The largest absolute Gasteiger partial charge is 0.462 e. The van der Waals surface area contributed by atoms with Crippen LogP contribution >= 0.6 is 13.5 Å². The predicted molar refractivity (Wildman–Crippen MR) is 170 cm³/mol. The van der Waals surface area contributed by atoms with Crippen LogP contribution < -0.4 is 14.5 Å². The van der Waals surface area contributed by atoms with E-state index in [-0.39, 0.29) is 46.5 Å². The summed E-state index contributed by atoms with van der Waals surface area (Å²) in [6.07, 6.45) is 2.24. The van der Waals surface area contributed by atoms with Crippen molar-refractivity contribution in [3.63, 3.8) is 0 Å². The molecular formula is C30H41F3N8O2S. The Balaban J connectivity index is 0.00000221. The molecular weight excluding hydrogens is 593 g/mol. The number of nitrogens with one attached hydrogen (secondary N) is 1. The van der Waals surface area contributed by atoms with Gasteiger partial charge in [0.05, 0.1) is 36.2 Å². The zero-order valence-corrected chi connectivity index (χ0v) is 25.6. The zero-order valence-electron chi connectivity index (χ0n) is 24.6. The van der Waals surface area contributed by atoms with Crippen LogP contribution in [0.25, 0.3) is 10.9 Å². The number of H-pyrrole nitrogens is 1. The van der Waals surface area contributed by atoms with E-state index < -0.39 is 23.7 Å². The molecule has 1 atom stereocenters. The molecule has 240 valence electrons. The first-order valence-corrected chi connectivity index (χ1v) is 14.2. The first-order valence-electron chi connectivity index (χ1n) is 14.2. The maximum Gasteiger partial charge on any atom is 0.318 e. The maximum absolute atomic E-state index is 14.0. The fourth-order valence-corrected chi connectivity index (χ4v) is 6.33. The Morgan fingerprint density at radius 2 is 1.89 bits per heavy atom. The summed E-state index contributed by atoms with van der Waals surface area (Å²) in [5.41, 5.74) is 6.18. The van der Waals surface area contributed by atoms with Crippen LogP contribution in [0.3, 0.4) is 0 Å². The van der Waals surface area contributed by atoms with Gasteiger partial charge in [0.15, 0.2) is 5.83 Å². The molecule has 3 aromatic rings. The minimum atomic E-state index is -2.75. The molecule has 0 aliphatic carbocycles. The Labute approximate surface area is 262 Å². The number of hydrogen-bond acceptors (Lipinski definition) is 8. The number of anilines is 2. The fourth-order valence-electron chi connectivity index (χ4n) is 6.33. The average molecular weight is 635 g/mol. The molecule has 14 heteroatoms. The highest BCUT2D eigenvalue weighted by molar-refractivity contribution is 7.59. The number of carbonyl (C=O) groups excluding carboxylic acids is 1. The van der Waals surface area contributed by atoms with Crippen LogP contribution in [-0.2, 0) is 17.8 Å². The third-order valence-corrected chi connectivity index (χ3v) is 8.71. The van der Waals surface area contributed by atoms with Crippen molar-refractivity contribution in [3.05, 3.63) is 47.1 Å². The monoisotopic (exact) mass is 634 g/mol. The second kappa shape index (κ2) is 12.8. The molecule has 2 fully saturated rings. The van der Waals surface area contributed by atoms with Gasteiger partial charge in [-0.2, -0.15) is 28.6 Å². The minimum Gasteiger partial charge on any atom is -0.462 e. The molecule has 0 bridgehead atoms. The van der Waals surface area contributed by atoms with Crippen LogP contribution in [0, 0.1) is 13.8 Å². The van der Waals surface area contributed by atoms with E-state index in [1.54, 1.807) is 11.9 Å². The number of likely N-dealkylation sites (N-methyl/N-ethyl adjacent to an activating group) is 1. The smallest absolute Gasteiger partial charge is 0.318 e. The molecule has 1 amide bonds. The molecule has 2 aromatic heterocycles. The third-order valence-electron chi connectivity index (χ3n) is 8.71. The molecule has 10 nitrogen and oxygen atoms in total. The van der Waals surface area contributed by atoms with Crippen molar-refractivity contribution in [2.24, 2.45) is 0 Å². The number of nitrogens with zero attached hydrogens (tertiary/aromatic N) is 7. The normalized spacial score (nSPS) is 19.8. The molecule has 0 unspecified atom stereocenters. The van der Waals surface area contributed by atoms with Crippen molar-refractivity contribution in [1.82, 2.24) is 30.0 Å². The van der Waals surface area contributed by atoms with Crippen LogP contribution in [0.15, 0.2) is 24.7 Å². The molecule has 3 aliphatic rings. The number of rotatable bonds is 6. The van der Waals surface area contributed by atoms with E-state index in [2.05, 4.69) is 46.5 Å². The van der Waals surface area contributed by atoms with Crippen LogP contribution in [-0.4, -0.2) is 101 Å². The number of amides is 1. The summed E-state index contributed by atoms with van der Waals surface area (Å²) >= 11 is 0. The number of hydrogen-bond donors (Lipinski definition) is 1. The summed E-state index contributed by atoms with van der Waals surface area (Å²) < 4.78 is 47.5. The van der Waals surface area contributed by atoms with E-state index in [0.717, 1.165) is 40.0 Å². The van der Waals surface area contributed by atoms with E-state index in [9.17, 15) is 18.0 Å². The van der Waals surface area contributed by atoms with Crippen molar-refractivity contribution in [2.75, 3.05) is 62.7 Å². The number of aromatic nitrogens is 4. The second-order valence-corrected chi connectivity index (χ2v) is 11.5. The lowest BCUT2D eigenvalue weighted by Gasteiger charge is -2.38. The Bertz CT molecular complexity index is 1540. The third kappa shape index (κ3) is 6.32. The number of fused-ring (bicyclic) bond motifs is 2. The lowest BCUT2D eigenvalue weighted by Crippen LogP contribution is -2.49. The molecule has 44 heavy (non-hydrogen) atoms. The van der Waals surface area contributed by atoms with E-state index in [0.29, 0.717) is 45.0 Å². The fraction of sp³-hybridized carbons (Fsp3) is 0.533. The van der Waals surface area contributed by atoms with Gasteiger partial charge in [-0.1, -0.05) is 14.0 Å². The summed E-state index contributed by atoms with van der Waals surface area (Å²) in [6.45, 7) is 9.85. The quantitative estimate of drug-likeness (QED) is 0.405. The highest BCUT2D eigenvalue weighted by Gasteiger charge is 2.43. The molecule has 3 aliphatic heterocycles. The SMILES string of the molecule is C.C=C(F)C(=O)N1CCN(c2nc(OC[C@@H]3CC(F)(F)CN3C)nc3c2CCN(c2c(C)c(C)cc4[nH]ncc24)C3)CC1.S. The van der Waals surface area contributed by atoms with Gasteiger partial charge in [0.25, 0.3) is 11.8 Å². The Morgan fingerprint density at radius 3 is 2.55 bits per heavy atom. The highest BCUT2D eigenvalue weighted by atomic mass is 32.1. The van der Waals surface area contributed by atoms with Crippen LogP contribution in [0.2, 0.25) is 0 Å². The van der Waals surface area contributed by atoms with Gasteiger partial charge in [-0.3, -0.25) is 14.8 Å². The van der Waals surface area contributed by atoms with Gasteiger partial charge in [0.2, 0.25) is 0 Å². The van der Waals surface area contributed by atoms with E-state index in [1.165, 1.54) is 10.5 Å². The number of aromatic amines is 1. The number of halogens is 3. The van der Waals surface area contributed by atoms with Gasteiger partial charge in [0, 0.05) is 56.1 Å². The average Bonchev–Trinajstić information content (AvgIpc) is 3.52.